The molecule has 188 valence electrons. The van der Waals surface area contributed by atoms with E-state index in [0.717, 1.165) is 5.52 Å². The third kappa shape index (κ3) is 6.29. The lowest BCUT2D eigenvalue weighted by molar-refractivity contribution is -0.125. The number of nitrogens with zero attached hydrogens (tertiary/aromatic N) is 2. The van der Waals surface area contributed by atoms with Gasteiger partial charge in [-0.2, -0.15) is 5.10 Å². The lowest BCUT2D eigenvalue weighted by atomic mass is 9.86. The second-order valence-corrected chi connectivity index (χ2v) is 10.2. The molecule has 3 rings (SSSR count). The molecule has 1 aliphatic carbocycles. The van der Waals surface area contributed by atoms with Gasteiger partial charge >= 0.3 is 0 Å². The molecule has 0 aliphatic heterocycles. The number of halogens is 2. The summed E-state index contributed by atoms with van der Waals surface area (Å²) in [6, 6.07) is 6.30. The maximum absolute atomic E-state index is 13.5. The van der Waals surface area contributed by atoms with E-state index in [0.29, 0.717) is 24.8 Å². The third-order valence-electron chi connectivity index (χ3n) is 6.27. The van der Waals surface area contributed by atoms with Crippen molar-refractivity contribution in [3.63, 3.8) is 0 Å². The van der Waals surface area contributed by atoms with Crippen LogP contribution in [0.4, 0.5) is 8.78 Å². The quantitative estimate of drug-likeness (QED) is 0.463. The molecule has 0 bridgehead atoms. The average Bonchev–Trinajstić information content (AvgIpc) is 3.14. The molecule has 10 heteroatoms. The zero-order valence-electron chi connectivity index (χ0n) is 19.9. The smallest absolute Gasteiger partial charge is 0.273 e. The lowest BCUT2D eigenvalue weighted by Gasteiger charge is -2.30. The fraction of sp³-hybridized carbons (Fsp3) is 0.625. The molecule has 0 saturated heterocycles. The summed E-state index contributed by atoms with van der Waals surface area (Å²) in [5, 5.41) is 28.9. The van der Waals surface area contributed by atoms with E-state index >= 15 is 0 Å². The molecule has 1 aromatic carbocycles. The number of nitrogens with one attached hydrogen (secondary N) is 2. The Kier molecular flexibility index (Phi) is 7.92. The first-order valence-corrected chi connectivity index (χ1v) is 11.6. The van der Waals surface area contributed by atoms with Crippen LogP contribution in [0.2, 0.25) is 0 Å². The lowest BCUT2D eigenvalue weighted by Crippen LogP contribution is -2.54. The highest BCUT2D eigenvalue weighted by atomic mass is 19.3. The minimum Gasteiger partial charge on any atom is -0.394 e. The number of para-hydroxylation sites is 1. The summed E-state index contributed by atoms with van der Waals surface area (Å²) in [5.41, 5.74) is 0.247. The Morgan fingerprint density at radius 3 is 2.50 bits per heavy atom. The van der Waals surface area contributed by atoms with Gasteiger partial charge in [0.15, 0.2) is 5.69 Å². The average molecular weight is 481 g/mol. The van der Waals surface area contributed by atoms with Crippen LogP contribution in [0, 0.1) is 11.3 Å². The maximum atomic E-state index is 13.5. The molecular formula is C24H34F2N4O4. The van der Waals surface area contributed by atoms with Gasteiger partial charge in [-0.1, -0.05) is 39.0 Å². The van der Waals surface area contributed by atoms with Crippen LogP contribution in [0.5, 0.6) is 0 Å². The Balaban J connectivity index is 1.80. The molecule has 1 aliphatic rings. The summed E-state index contributed by atoms with van der Waals surface area (Å²) in [7, 11) is 0. The Labute approximate surface area is 197 Å². The molecule has 34 heavy (non-hydrogen) atoms. The normalized spacial score (nSPS) is 18.4. The van der Waals surface area contributed by atoms with Crippen molar-refractivity contribution in [3.8, 4) is 0 Å². The van der Waals surface area contributed by atoms with E-state index in [2.05, 4.69) is 15.7 Å². The SMILES string of the molecule is CC(C)(C)[C@H](NC(=O)c1nn(CC2CCC(F)(F)CC2)c2ccccc12)C(=O)NCC(O)CO. The van der Waals surface area contributed by atoms with Crippen LogP contribution >= 0.6 is 0 Å². The number of rotatable bonds is 8. The molecule has 0 spiro atoms. The van der Waals surface area contributed by atoms with E-state index in [-0.39, 0.29) is 31.0 Å². The number of aliphatic hydroxyl groups excluding tert-OH is 2. The summed E-state index contributed by atoms with van der Waals surface area (Å²) < 4.78 is 28.8. The van der Waals surface area contributed by atoms with Crippen LogP contribution in [0.15, 0.2) is 24.3 Å². The minimum absolute atomic E-state index is 0.0462. The Morgan fingerprint density at radius 2 is 1.88 bits per heavy atom. The van der Waals surface area contributed by atoms with Crippen LogP contribution in [-0.4, -0.2) is 63.0 Å². The van der Waals surface area contributed by atoms with Gasteiger partial charge in [0.1, 0.15) is 6.04 Å². The summed E-state index contributed by atoms with van der Waals surface area (Å²) in [5.74, 6) is -3.57. The monoisotopic (exact) mass is 480 g/mol. The van der Waals surface area contributed by atoms with Gasteiger partial charge in [-0.05, 0) is 30.2 Å². The van der Waals surface area contributed by atoms with E-state index < -0.39 is 41.9 Å². The first-order chi connectivity index (χ1) is 15.9. The van der Waals surface area contributed by atoms with E-state index in [1.807, 2.05) is 12.1 Å². The molecule has 0 radical (unpaired) electrons. The molecule has 1 aromatic heterocycles. The zero-order valence-corrected chi connectivity index (χ0v) is 19.9. The van der Waals surface area contributed by atoms with Crippen LogP contribution in [0.3, 0.4) is 0 Å². The number of fused-ring (bicyclic) bond motifs is 1. The van der Waals surface area contributed by atoms with Crippen molar-refractivity contribution in [1.82, 2.24) is 20.4 Å². The van der Waals surface area contributed by atoms with Crippen molar-refractivity contribution in [2.45, 2.75) is 71.1 Å². The third-order valence-corrected chi connectivity index (χ3v) is 6.27. The van der Waals surface area contributed by atoms with Crippen molar-refractivity contribution in [1.29, 1.82) is 0 Å². The van der Waals surface area contributed by atoms with Gasteiger partial charge in [0, 0.05) is 31.3 Å². The summed E-state index contributed by atoms with van der Waals surface area (Å²) in [4.78, 5) is 26.0. The van der Waals surface area contributed by atoms with E-state index in [1.54, 1.807) is 37.6 Å². The number of aromatic nitrogens is 2. The van der Waals surface area contributed by atoms with E-state index in [1.165, 1.54) is 0 Å². The van der Waals surface area contributed by atoms with Crippen LogP contribution < -0.4 is 10.6 Å². The van der Waals surface area contributed by atoms with Gasteiger partial charge in [-0.25, -0.2) is 8.78 Å². The highest BCUT2D eigenvalue weighted by molar-refractivity contribution is 6.06. The number of amides is 2. The van der Waals surface area contributed by atoms with Crippen molar-refractivity contribution in [2.75, 3.05) is 13.2 Å². The zero-order chi connectivity index (χ0) is 25.1. The van der Waals surface area contributed by atoms with Crippen molar-refractivity contribution in [3.05, 3.63) is 30.0 Å². The maximum Gasteiger partial charge on any atom is 0.273 e. The second kappa shape index (κ2) is 10.4. The van der Waals surface area contributed by atoms with Crippen LogP contribution in [0.25, 0.3) is 10.9 Å². The summed E-state index contributed by atoms with van der Waals surface area (Å²) in [6.07, 6.45) is -0.585. The number of alkyl halides is 2. The van der Waals surface area contributed by atoms with E-state index in [9.17, 15) is 23.5 Å². The molecule has 1 unspecified atom stereocenters. The number of aliphatic hydroxyl groups is 2. The van der Waals surface area contributed by atoms with Crippen molar-refractivity contribution in [2.24, 2.45) is 11.3 Å². The van der Waals surface area contributed by atoms with Crippen molar-refractivity contribution >= 4 is 22.7 Å². The van der Waals surface area contributed by atoms with Crippen LogP contribution in [0.1, 0.15) is 56.9 Å². The Morgan fingerprint density at radius 1 is 1.24 bits per heavy atom. The Hall–Kier alpha value is -2.59. The number of hydrogen-bond acceptors (Lipinski definition) is 5. The first kappa shape index (κ1) is 26.0. The predicted octanol–water partition coefficient (Wildman–Crippen LogP) is 2.48. The van der Waals surface area contributed by atoms with Crippen molar-refractivity contribution < 1.29 is 28.6 Å². The van der Waals surface area contributed by atoms with E-state index in [4.69, 9.17) is 5.11 Å². The van der Waals surface area contributed by atoms with Gasteiger partial charge in [0.05, 0.1) is 18.2 Å². The molecule has 2 atom stereocenters. The molecule has 1 heterocycles. The predicted molar refractivity (Wildman–Crippen MR) is 123 cm³/mol. The standard InChI is InChI=1S/C24H34F2N4O4/c1-23(2,3)20(22(34)27-12-16(32)14-31)28-21(33)19-17-6-4-5-7-18(17)30(29-19)13-15-8-10-24(25,26)11-9-15/h4-7,15-16,20,31-32H,8-14H2,1-3H3,(H,27,34)(H,28,33)/t16?,20-/m1/s1. The molecule has 1 fully saturated rings. The Bertz CT molecular complexity index is 1010. The van der Waals surface area contributed by atoms with Gasteiger partial charge in [0.2, 0.25) is 11.8 Å². The van der Waals surface area contributed by atoms with Gasteiger partial charge < -0.3 is 20.8 Å². The molecule has 1 saturated carbocycles. The van der Waals surface area contributed by atoms with Gasteiger partial charge in [-0.3, -0.25) is 14.3 Å². The van der Waals surface area contributed by atoms with Gasteiger partial charge in [0.25, 0.3) is 5.91 Å². The molecule has 2 amide bonds. The second-order valence-electron chi connectivity index (χ2n) is 10.2. The number of benzene rings is 1. The minimum atomic E-state index is -2.61. The number of hydrogen-bond donors (Lipinski definition) is 4. The molecule has 8 nitrogen and oxygen atoms in total. The highest BCUT2D eigenvalue weighted by Gasteiger charge is 2.36. The van der Waals surface area contributed by atoms with Gasteiger partial charge in [-0.15, -0.1) is 0 Å². The number of carbonyl (C=O) groups excluding carboxylic acids is 2. The van der Waals surface area contributed by atoms with Crippen LogP contribution in [-0.2, 0) is 11.3 Å². The highest BCUT2D eigenvalue weighted by Crippen LogP contribution is 2.37. The number of carbonyl (C=O) groups is 2. The fourth-order valence-electron chi connectivity index (χ4n) is 4.22. The molecule has 2 aromatic rings. The summed E-state index contributed by atoms with van der Waals surface area (Å²) >= 11 is 0. The summed E-state index contributed by atoms with van der Waals surface area (Å²) in [6.45, 7) is 5.21. The molecular weight excluding hydrogens is 446 g/mol. The topological polar surface area (TPSA) is 116 Å². The largest absolute Gasteiger partial charge is 0.394 e. The first-order valence-electron chi connectivity index (χ1n) is 11.6. The fourth-order valence-corrected chi connectivity index (χ4v) is 4.22. The molecule has 4 N–H and O–H groups in total.